The molecule has 0 radical (unpaired) electrons. The van der Waals surface area contributed by atoms with Crippen LogP contribution in [0.15, 0.2) is 48.5 Å². The van der Waals surface area contributed by atoms with Gasteiger partial charge in [-0.2, -0.15) is 0 Å². The van der Waals surface area contributed by atoms with E-state index in [2.05, 4.69) is 23.4 Å². The lowest BCUT2D eigenvalue weighted by Crippen LogP contribution is -2.48. The van der Waals surface area contributed by atoms with Gasteiger partial charge >= 0.3 is 12.1 Å². The number of amides is 2. The largest absolute Gasteiger partial charge is 0.481 e. The van der Waals surface area contributed by atoms with Crippen LogP contribution in [-0.2, 0) is 14.3 Å². The zero-order valence-electron chi connectivity index (χ0n) is 19.1. The number of carbonyl (C=O) groups excluding carboxylic acids is 2. The standard InChI is InChI=1S/C27H28N2O5/c1-3-8-24(26(32)29-14-17(2)18(15-29)13-25(30)31)28-27(33)34-16-23-21-11-6-4-9-19(21)20-10-5-7-12-22(20)23/h1,4-7,9-12,17-18,23-24H,8,13-16H2,2H3,(H,28,33)(H,30,31)/t17-,18-,24?/m1/s1. The smallest absolute Gasteiger partial charge is 0.407 e. The van der Waals surface area contributed by atoms with E-state index in [9.17, 15) is 14.4 Å². The van der Waals surface area contributed by atoms with Gasteiger partial charge in [-0.15, -0.1) is 12.3 Å². The van der Waals surface area contributed by atoms with Crippen molar-refractivity contribution >= 4 is 18.0 Å². The average Bonchev–Trinajstić information content (AvgIpc) is 3.34. The Morgan fingerprint density at radius 3 is 2.32 bits per heavy atom. The van der Waals surface area contributed by atoms with Gasteiger partial charge in [-0.05, 0) is 34.1 Å². The van der Waals surface area contributed by atoms with Gasteiger partial charge < -0.3 is 20.1 Å². The summed E-state index contributed by atoms with van der Waals surface area (Å²) in [6.07, 6.45) is 4.78. The van der Waals surface area contributed by atoms with Gasteiger partial charge in [0.15, 0.2) is 0 Å². The molecule has 1 unspecified atom stereocenters. The van der Waals surface area contributed by atoms with Crippen molar-refractivity contribution in [3.63, 3.8) is 0 Å². The van der Waals surface area contributed by atoms with Crippen LogP contribution < -0.4 is 5.32 Å². The van der Waals surface area contributed by atoms with E-state index in [4.69, 9.17) is 16.3 Å². The third kappa shape index (κ3) is 4.76. The van der Waals surface area contributed by atoms with E-state index >= 15 is 0 Å². The van der Waals surface area contributed by atoms with Crippen molar-refractivity contribution in [2.45, 2.75) is 31.7 Å². The molecule has 7 heteroatoms. The Balaban J connectivity index is 1.39. The number of nitrogens with one attached hydrogen (secondary N) is 1. The molecule has 4 rings (SSSR count). The van der Waals surface area contributed by atoms with Crippen LogP contribution in [0, 0.1) is 24.2 Å². The maximum atomic E-state index is 13.0. The van der Waals surface area contributed by atoms with E-state index in [-0.39, 0.29) is 43.1 Å². The first-order valence-corrected chi connectivity index (χ1v) is 11.4. The quantitative estimate of drug-likeness (QED) is 0.617. The first-order valence-electron chi connectivity index (χ1n) is 11.4. The summed E-state index contributed by atoms with van der Waals surface area (Å²) in [7, 11) is 0. The molecule has 0 spiro atoms. The number of ether oxygens (including phenoxy) is 1. The number of aliphatic carboxylic acids is 1. The number of carboxylic acid groups (broad SMARTS) is 1. The van der Waals surface area contributed by atoms with Crippen LogP contribution in [0.3, 0.4) is 0 Å². The number of alkyl carbamates (subject to hydrolysis) is 1. The first kappa shape index (κ1) is 23.4. The number of nitrogens with zero attached hydrogens (tertiary/aromatic N) is 1. The number of carboxylic acids is 1. The molecule has 1 aliphatic heterocycles. The molecule has 2 aliphatic rings. The van der Waals surface area contributed by atoms with Crippen LogP contribution in [0.1, 0.15) is 36.8 Å². The lowest BCUT2D eigenvalue weighted by atomic mass is 9.95. The molecule has 0 bridgehead atoms. The van der Waals surface area contributed by atoms with Crippen molar-refractivity contribution in [1.82, 2.24) is 10.2 Å². The highest BCUT2D eigenvalue weighted by Gasteiger charge is 2.37. The van der Waals surface area contributed by atoms with Crippen LogP contribution in [0.25, 0.3) is 11.1 Å². The Kier molecular flexibility index (Phi) is 6.87. The second-order valence-electron chi connectivity index (χ2n) is 9.01. The Bertz CT molecular complexity index is 1090. The molecule has 2 N–H and O–H groups in total. The fourth-order valence-electron chi connectivity index (χ4n) is 5.02. The third-order valence-corrected chi connectivity index (χ3v) is 6.77. The monoisotopic (exact) mass is 460 g/mol. The Labute approximate surface area is 199 Å². The molecular weight excluding hydrogens is 432 g/mol. The molecule has 1 aliphatic carbocycles. The summed E-state index contributed by atoms with van der Waals surface area (Å²) in [5.41, 5.74) is 4.46. The van der Waals surface area contributed by atoms with Crippen molar-refractivity contribution in [2.75, 3.05) is 19.7 Å². The molecular formula is C27H28N2O5. The maximum absolute atomic E-state index is 13.0. The number of carbonyl (C=O) groups is 3. The van der Waals surface area contributed by atoms with Crippen molar-refractivity contribution in [2.24, 2.45) is 11.8 Å². The summed E-state index contributed by atoms with van der Waals surface area (Å²) in [4.78, 5) is 38.4. The Hall–Kier alpha value is -3.79. The predicted molar refractivity (Wildman–Crippen MR) is 127 cm³/mol. The number of benzene rings is 2. The average molecular weight is 461 g/mol. The van der Waals surface area contributed by atoms with Crippen LogP contribution in [0.2, 0.25) is 0 Å². The van der Waals surface area contributed by atoms with Gasteiger partial charge in [-0.3, -0.25) is 9.59 Å². The van der Waals surface area contributed by atoms with Crippen molar-refractivity contribution in [1.29, 1.82) is 0 Å². The molecule has 7 nitrogen and oxygen atoms in total. The number of terminal acetylenes is 1. The van der Waals surface area contributed by atoms with Crippen molar-refractivity contribution < 1.29 is 24.2 Å². The summed E-state index contributed by atoms with van der Waals surface area (Å²) in [6.45, 7) is 2.83. The molecule has 0 aromatic heterocycles. The molecule has 3 atom stereocenters. The van der Waals surface area contributed by atoms with E-state index < -0.39 is 18.1 Å². The zero-order chi connectivity index (χ0) is 24.2. The van der Waals surface area contributed by atoms with E-state index in [0.29, 0.717) is 13.1 Å². The summed E-state index contributed by atoms with van der Waals surface area (Å²) in [5.74, 6) is 1.09. The highest BCUT2D eigenvalue weighted by Crippen LogP contribution is 2.44. The minimum Gasteiger partial charge on any atom is -0.481 e. The number of likely N-dealkylation sites (tertiary alicyclic amines) is 1. The number of hydrogen-bond donors (Lipinski definition) is 2. The lowest BCUT2D eigenvalue weighted by Gasteiger charge is -2.23. The van der Waals surface area contributed by atoms with Gasteiger partial charge in [0.25, 0.3) is 0 Å². The highest BCUT2D eigenvalue weighted by molar-refractivity contribution is 5.86. The van der Waals surface area contributed by atoms with E-state index in [1.165, 1.54) is 0 Å². The fraction of sp³-hybridized carbons (Fsp3) is 0.370. The van der Waals surface area contributed by atoms with Gasteiger partial charge in [0.1, 0.15) is 12.6 Å². The topological polar surface area (TPSA) is 95.9 Å². The normalized spacial score (nSPS) is 19.6. The Morgan fingerprint density at radius 2 is 1.74 bits per heavy atom. The van der Waals surface area contributed by atoms with Crippen molar-refractivity contribution in [3.05, 3.63) is 59.7 Å². The van der Waals surface area contributed by atoms with E-state index in [1.807, 2.05) is 43.3 Å². The number of rotatable bonds is 7. The zero-order valence-corrected chi connectivity index (χ0v) is 19.1. The van der Waals surface area contributed by atoms with Crippen LogP contribution >= 0.6 is 0 Å². The molecule has 1 fully saturated rings. The van der Waals surface area contributed by atoms with Crippen molar-refractivity contribution in [3.8, 4) is 23.5 Å². The van der Waals surface area contributed by atoms with Gasteiger partial charge in [0.05, 0.1) is 6.42 Å². The maximum Gasteiger partial charge on any atom is 0.407 e. The van der Waals surface area contributed by atoms with Crippen LogP contribution in [-0.4, -0.2) is 53.7 Å². The summed E-state index contributed by atoms with van der Waals surface area (Å²) < 4.78 is 5.56. The molecule has 176 valence electrons. The van der Waals surface area contributed by atoms with E-state index in [0.717, 1.165) is 22.3 Å². The second kappa shape index (κ2) is 10.0. The molecule has 2 aromatic carbocycles. The van der Waals surface area contributed by atoms with E-state index in [1.54, 1.807) is 4.90 Å². The van der Waals surface area contributed by atoms with Gasteiger partial charge in [-0.25, -0.2) is 4.79 Å². The Morgan fingerprint density at radius 1 is 1.12 bits per heavy atom. The summed E-state index contributed by atoms with van der Waals surface area (Å²) in [5, 5.41) is 11.7. The second-order valence-corrected chi connectivity index (χ2v) is 9.01. The molecule has 1 heterocycles. The van der Waals surface area contributed by atoms with Crippen LogP contribution in [0.4, 0.5) is 4.79 Å². The van der Waals surface area contributed by atoms with Gasteiger partial charge in [0, 0.05) is 25.4 Å². The lowest BCUT2D eigenvalue weighted by molar-refractivity contribution is -0.138. The minimum absolute atomic E-state index is 0.00452. The van der Waals surface area contributed by atoms with Gasteiger partial charge in [0.2, 0.25) is 5.91 Å². The fourth-order valence-corrected chi connectivity index (χ4v) is 5.02. The molecule has 2 aromatic rings. The number of fused-ring (bicyclic) bond motifs is 3. The first-order chi connectivity index (χ1) is 16.4. The SMILES string of the molecule is C#CCC(NC(=O)OCC1c2ccccc2-c2ccccc21)C(=O)N1C[C@@H](CC(=O)O)[C@H](C)C1. The summed E-state index contributed by atoms with van der Waals surface area (Å²) >= 11 is 0. The van der Waals surface area contributed by atoms with Gasteiger partial charge in [-0.1, -0.05) is 55.5 Å². The summed E-state index contributed by atoms with van der Waals surface area (Å²) in [6, 6.07) is 15.2. The molecule has 1 saturated heterocycles. The molecule has 2 amide bonds. The van der Waals surface area contributed by atoms with Crippen LogP contribution in [0.5, 0.6) is 0 Å². The predicted octanol–water partition coefficient (Wildman–Crippen LogP) is 3.49. The number of hydrogen-bond acceptors (Lipinski definition) is 4. The third-order valence-electron chi connectivity index (χ3n) is 6.77. The molecule has 34 heavy (non-hydrogen) atoms. The molecule has 0 saturated carbocycles. The minimum atomic E-state index is -0.920. The highest BCUT2D eigenvalue weighted by atomic mass is 16.5.